The van der Waals surface area contributed by atoms with Crippen molar-refractivity contribution in [2.24, 2.45) is 0 Å². The van der Waals surface area contributed by atoms with Crippen LogP contribution in [0, 0.1) is 6.92 Å². The third-order valence-corrected chi connectivity index (χ3v) is 3.55. The van der Waals surface area contributed by atoms with Gasteiger partial charge in [-0.25, -0.2) is 14.8 Å². The van der Waals surface area contributed by atoms with Crippen LogP contribution in [0.15, 0.2) is 60.9 Å². The molecule has 0 saturated carbocycles. The van der Waals surface area contributed by atoms with Crippen molar-refractivity contribution in [3.8, 4) is 17.4 Å². The van der Waals surface area contributed by atoms with E-state index in [1.807, 2.05) is 0 Å². The molecule has 1 aromatic carbocycles. The molecule has 1 N–H and O–H groups in total. The van der Waals surface area contributed by atoms with Gasteiger partial charge in [0, 0.05) is 18.5 Å². The molecule has 0 aliphatic heterocycles. The van der Waals surface area contributed by atoms with Gasteiger partial charge in [0.05, 0.1) is 5.56 Å². The second-order valence-electron chi connectivity index (χ2n) is 5.64. The van der Waals surface area contributed by atoms with E-state index in [4.69, 9.17) is 9.47 Å². The molecular weight excluding hydrogens is 375 g/mol. The molecule has 0 atom stereocenters. The third-order valence-electron chi connectivity index (χ3n) is 3.55. The van der Waals surface area contributed by atoms with Crippen LogP contribution in [0.3, 0.4) is 0 Å². The van der Waals surface area contributed by atoms with Gasteiger partial charge in [0.1, 0.15) is 17.3 Å². The van der Waals surface area contributed by atoms with Crippen LogP contribution in [0.25, 0.3) is 0 Å². The first-order valence-corrected chi connectivity index (χ1v) is 8.03. The van der Waals surface area contributed by atoms with E-state index in [0.29, 0.717) is 17.8 Å². The van der Waals surface area contributed by atoms with Crippen LogP contribution in [0.5, 0.6) is 17.4 Å². The summed E-state index contributed by atoms with van der Waals surface area (Å²) in [5, 5.41) is 2.53. The Bertz CT molecular complexity index is 959. The number of nitrogens with zero attached hydrogens (tertiary/aromatic N) is 2. The first-order valence-electron chi connectivity index (χ1n) is 8.03. The molecule has 28 heavy (non-hydrogen) atoms. The number of carbonyl (C=O) groups is 1. The van der Waals surface area contributed by atoms with Crippen molar-refractivity contribution >= 4 is 11.9 Å². The van der Waals surface area contributed by atoms with E-state index in [1.165, 1.54) is 24.3 Å². The van der Waals surface area contributed by atoms with Crippen molar-refractivity contribution in [2.75, 3.05) is 5.32 Å². The molecule has 9 heteroatoms. The predicted octanol–water partition coefficient (Wildman–Crippen LogP) is 5.21. The van der Waals surface area contributed by atoms with Crippen molar-refractivity contribution in [1.29, 1.82) is 0 Å². The van der Waals surface area contributed by atoms with Crippen LogP contribution >= 0.6 is 0 Å². The average molecular weight is 389 g/mol. The molecule has 0 aliphatic rings. The van der Waals surface area contributed by atoms with Crippen LogP contribution < -0.4 is 14.8 Å². The summed E-state index contributed by atoms with van der Waals surface area (Å²) in [6, 6.07) is 11.5. The zero-order valence-corrected chi connectivity index (χ0v) is 14.5. The van der Waals surface area contributed by atoms with Crippen molar-refractivity contribution < 1.29 is 27.4 Å². The lowest BCUT2D eigenvalue weighted by Crippen LogP contribution is -2.18. The highest BCUT2D eigenvalue weighted by Gasteiger charge is 2.30. The van der Waals surface area contributed by atoms with Gasteiger partial charge in [0.15, 0.2) is 0 Å². The summed E-state index contributed by atoms with van der Waals surface area (Å²) < 4.78 is 48.1. The molecule has 0 spiro atoms. The smallest absolute Gasteiger partial charge is 0.418 e. The van der Waals surface area contributed by atoms with Crippen molar-refractivity contribution in [3.63, 3.8) is 0 Å². The van der Waals surface area contributed by atoms with E-state index in [1.54, 1.807) is 25.3 Å². The molecule has 0 saturated heterocycles. The standard InChI is InChI=1S/C19H14F3N3O3/c1-12-3-2-10-23-17(12)25-18(26)28-15-7-5-14(6-8-15)27-16-9-4-13(11-24-16)19(20,21)22/h2-11H,1H3,(H,23,25,26). The summed E-state index contributed by atoms with van der Waals surface area (Å²) >= 11 is 0. The normalized spacial score (nSPS) is 11.0. The number of ether oxygens (including phenoxy) is 2. The Labute approximate surface area is 158 Å². The van der Waals surface area contributed by atoms with Crippen LogP contribution in [0.4, 0.5) is 23.8 Å². The van der Waals surface area contributed by atoms with Crippen LogP contribution in [-0.2, 0) is 6.18 Å². The minimum absolute atomic E-state index is 0.00467. The molecule has 3 rings (SSSR count). The number of halogens is 3. The quantitative estimate of drug-likeness (QED) is 0.663. The molecule has 2 heterocycles. The highest BCUT2D eigenvalue weighted by molar-refractivity contribution is 5.85. The number of hydrogen-bond donors (Lipinski definition) is 1. The Hall–Kier alpha value is -3.62. The van der Waals surface area contributed by atoms with Gasteiger partial charge in [-0.05, 0) is 48.9 Å². The zero-order chi connectivity index (χ0) is 20.1. The molecule has 0 radical (unpaired) electrons. The number of rotatable bonds is 4. The molecular formula is C19H14F3N3O3. The van der Waals surface area contributed by atoms with Crippen LogP contribution in [0.1, 0.15) is 11.1 Å². The third kappa shape index (κ3) is 4.97. The van der Waals surface area contributed by atoms with Gasteiger partial charge in [-0.15, -0.1) is 0 Å². The summed E-state index contributed by atoms with van der Waals surface area (Å²) in [5.41, 5.74) is -0.0787. The van der Waals surface area contributed by atoms with Crippen molar-refractivity contribution in [1.82, 2.24) is 9.97 Å². The number of amides is 1. The number of aromatic nitrogens is 2. The predicted molar refractivity (Wildman–Crippen MR) is 94.4 cm³/mol. The largest absolute Gasteiger partial charge is 0.439 e. The molecule has 144 valence electrons. The second kappa shape index (κ2) is 7.95. The Morgan fingerprint density at radius 2 is 1.71 bits per heavy atom. The fourth-order valence-electron chi connectivity index (χ4n) is 2.15. The number of pyridine rings is 2. The second-order valence-corrected chi connectivity index (χ2v) is 5.64. The summed E-state index contributed by atoms with van der Waals surface area (Å²) in [4.78, 5) is 19.6. The molecule has 0 bridgehead atoms. The Morgan fingerprint density at radius 3 is 2.32 bits per heavy atom. The maximum atomic E-state index is 12.5. The van der Waals surface area contributed by atoms with E-state index >= 15 is 0 Å². The van der Waals surface area contributed by atoms with Gasteiger partial charge in [0.2, 0.25) is 5.88 Å². The van der Waals surface area contributed by atoms with E-state index in [0.717, 1.165) is 17.7 Å². The Morgan fingerprint density at radius 1 is 1.00 bits per heavy atom. The molecule has 0 fully saturated rings. The van der Waals surface area contributed by atoms with E-state index in [-0.39, 0.29) is 11.6 Å². The maximum absolute atomic E-state index is 12.5. The summed E-state index contributed by atoms with van der Waals surface area (Å²) in [7, 11) is 0. The van der Waals surface area contributed by atoms with E-state index in [2.05, 4.69) is 15.3 Å². The first kappa shape index (κ1) is 19.2. The lowest BCUT2D eigenvalue weighted by Gasteiger charge is -2.09. The summed E-state index contributed by atoms with van der Waals surface area (Å²) in [5.74, 6) is 0.963. The fraction of sp³-hybridized carbons (Fsp3) is 0.105. The molecule has 6 nitrogen and oxygen atoms in total. The maximum Gasteiger partial charge on any atom is 0.418 e. The number of hydrogen-bond acceptors (Lipinski definition) is 5. The Kier molecular flexibility index (Phi) is 5.44. The number of aryl methyl sites for hydroxylation is 1. The number of anilines is 1. The van der Waals surface area contributed by atoms with Crippen molar-refractivity contribution in [3.05, 3.63) is 72.1 Å². The van der Waals surface area contributed by atoms with Gasteiger partial charge in [-0.2, -0.15) is 13.2 Å². The minimum Gasteiger partial charge on any atom is -0.439 e. The molecule has 0 aliphatic carbocycles. The van der Waals surface area contributed by atoms with Crippen LogP contribution in [0.2, 0.25) is 0 Å². The highest BCUT2D eigenvalue weighted by Crippen LogP contribution is 2.30. The highest BCUT2D eigenvalue weighted by atomic mass is 19.4. The summed E-state index contributed by atoms with van der Waals surface area (Å²) in [6.45, 7) is 1.80. The van der Waals surface area contributed by atoms with Gasteiger partial charge in [-0.3, -0.25) is 5.32 Å². The first-order chi connectivity index (χ1) is 13.3. The van der Waals surface area contributed by atoms with Crippen molar-refractivity contribution in [2.45, 2.75) is 13.1 Å². The zero-order valence-electron chi connectivity index (χ0n) is 14.5. The van der Waals surface area contributed by atoms with Gasteiger partial charge >= 0.3 is 12.3 Å². The van der Waals surface area contributed by atoms with Gasteiger partial charge in [-0.1, -0.05) is 6.07 Å². The summed E-state index contributed by atoms with van der Waals surface area (Å²) in [6.07, 6.45) is -2.93. The SMILES string of the molecule is Cc1cccnc1NC(=O)Oc1ccc(Oc2ccc(C(F)(F)F)cn2)cc1. The van der Waals surface area contributed by atoms with Gasteiger partial charge < -0.3 is 9.47 Å². The lowest BCUT2D eigenvalue weighted by atomic mass is 10.3. The Balaban J connectivity index is 1.59. The fourth-order valence-corrected chi connectivity index (χ4v) is 2.15. The van der Waals surface area contributed by atoms with E-state index < -0.39 is 17.8 Å². The number of benzene rings is 1. The van der Waals surface area contributed by atoms with E-state index in [9.17, 15) is 18.0 Å². The molecule has 3 aromatic rings. The number of alkyl halides is 3. The topological polar surface area (TPSA) is 73.3 Å². The number of nitrogens with one attached hydrogen (secondary N) is 1. The van der Waals surface area contributed by atoms with Crippen LogP contribution in [-0.4, -0.2) is 16.1 Å². The lowest BCUT2D eigenvalue weighted by molar-refractivity contribution is -0.137. The van der Waals surface area contributed by atoms with Gasteiger partial charge in [0.25, 0.3) is 0 Å². The average Bonchev–Trinajstić information content (AvgIpc) is 2.65. The minimum atomic E-state index is -4.46. The molecule has 0 unspecified atom stereocenters. The molecule has 2 aromatic heterocycles. The molecule has 1 amide bonds. The number of carbonyl (C=O) groups excluding carboxylic acids is 1. The monoisotopic (exact) mass is 389 g/mol.